The zero-order valence-electron chi connectivity index (χ0n) is 19.1. The topological polar surface area (TPSA) is 73.2 Å². The molecule has 8 heteroatoms. The van der Waals surface area contributed by atoms with E-state index in [4.69, 9.17) is 0 Å². The van der Waals surface area contributed by atoms with Crippen LogP contribution in [0.25, 0.3) is 0 Å². The molecule has 1 aromatic heterocycles. The fourth-order valence-corrected chi connectivity index (χ4v) is 3.23. The minimum atomic E-state index is -2.91. The van der Waals surface area contributed by atoms with E-state index in [9.17, 15) is 14.0 Å². The Balaban J connectivity index is 0.00000249. The van der Waals surface area contributed by atoms with Gasteiger partial charge in [0.2, 0.25) is 0 Å². The van der Waals surface area contributed by atoms with Gasteiger partial charge in [0.25, 0.3) is 0 Å². The minimum absolute atomic E-state index is 0.0291. The molecule has 0 aliphatic rings. The lowest BCUT2D eigenvalue weighted by Crippen LogP contribution is -2.35. The predicted octanol–water partition coefficient (Wildman–Crippen LogP) is 5.30. The lowest BCUT2D eigenvalue weighted by molar-refractivity contribution is -0.0498. The maximum absolute atomic E-state index is 12.7. The third-order valence-corrected chi connectivity index (χ3v) is 4.52. The van der Waals surface area contributed by atoms with Gasteiger partial charge in [0, 0.05) is 23.8 Å². The van der Waals surface area contributed by atoms with E-state index in [0.29, 0.717) is 5.69 Å². The lowest BCUT2D eigenvalue weighted by Gasteiger charge is -2.36. The number of rotatable bonds is 10. The highest BCUT2D eigenvalue weighted by molar-refractivity contribution is 5.60. The maximum atomic E-state index is 12.7. The minimum Gasteiger partial charge on any atom is -0.435 e. The van der Waals surface area contributed by atoms with Crippen molar-refractivity contribution < 1.29 is 13.5 Å². The van der Waals surface area contributed by atoms with Gasteiger partial charge in [-0.05, 0) is 58.4 Å². The van der Waals surface area contributed by atoms with Crippen LogP contribution in [0, 0.1) is 24.2 Å². The van der Waals surface area contributed by atoms with Crippen molar-refractivity contribution in [3.05, 3.63) is 47.8 Å². The van der Waals surface area contributed by atoms with Crippen LogP contribution >= 0.6 is 0 Å². The average Bonchev–Trinajstić information content (AvgIpc) is 2.75. The van der Waals surface area contributed by atoms with Crippen molar-refractivity contribution in [2.75, 3.05) is 10.3 Å². The van der Waals surface area contributed by atoms with Crippen LogP contribution < -0.4 is 20.5 Å². The second kappa shape index (κ2) is 13.1. The molecule has 32 heavy (non-hydrogen) atoms. The standard InChI is InChI=1S/C22H29F2N5O.C2H2/c1-14(2)27-28-18-7-9-20(26-13-18)16(5)29(15(3)4)21-12-19(30-22(23)24)8-6-17(21)10-11-25;1-2/h6-9,12-16,22,27-28H,10H2,1-5H3;1-2H. The Morgan fingerprint density at radius 2 is 1.81 bits per heavy atom. The Kier molecular flexibility index (Phi) is 11.0. The SMILES string of the molecule is C#C.CC(C)NNc1ccc(C(C)N(c2cc(OC(F)F)ccc2CC#N)C(C)C)nc1. The number of nitriles is 1. The predicted molar refractivity (Wildman–Crippen MR) is 124 cm³/mol. The maximum Gasteiger partial charge on any atom is 0.387 e. The molecule has 1 aromatic carbocycles. The molecule has 1 unspecified atom stereocenters. The number of hydrazine groups is 1. The highest BCUT2D eigenvalue weighted by Crippen LogP contribution is 2.35. The van der Waals surface area contributed by atoms with Gasteiger partial charge in [0.15, 0.2) is 0 Å². The molecule has 2 rings (SSSR count). The van der Waals surface area contributed by atoms with Crippen molar-refractivity contribution in [3.63, 3.8) is 0 Å². The zero-order valence-corrected chi connectivity index (χ0v) is 19.1. The molecule has 0 fully saturated rings. The van der Waals surface area contributed by atoms with E-state index in [1.54, 1.807) is 18.3 Å². The fraction of sp³-hybridized carbons (Fsp3) is 0.417. The first kappa shape index (κ1) is 26.7. The third-order valence-electron chi connectivity index (χ3n) is 4.52. The number of nitrogens with one attached hydrogen (secondary N) is 2. The summed E-state index contributed by atoms with van der Waals surface area (Å²) in [6.45, 7) is 7.17. The summed E-state index contributed by atoms with van der Waals surface area (Å²) in [6.07, 6.45) is 9.91. The number of pyridine rings is 1. The summed E-state index contributed by atoms with van der Waals surface area (Å²) in [5.74, 6) is 0.0619. The number of ether oxygens (including phenoxy) is 1. The zero-order chi connectivity index (χ0) is 24.3. The van der Waals surface area contributed by atoms with Crippen molar-refractivity contribution in [3.8, 4) is 24.7 Å². The van der Waals surface area contributed by atoms with Crippen LogP contribution in [0.4, 0.5) is 20.2 Å². The third kappa shape index (κ3) is 7.72. The molecule has 172 valence electrons. The first-order valence-electron chi connectivity index (χ1n) is 10.3. The molecule has 1 heterocycles. The van der Waals surface area contributed by atoms with E-state index >= 15 is 0 Å². The van der Waals surface area contributed by atoms with Crippen LogP contribution in [-0.4, -0.2) is 23.7 Å². The lowest BCUT2D eigenvalue weighted by atomic mass is 10.0. The molecule has 0 saturated carbocycles. The van der Waals surface area contributed by atoms with Crippen LogP contribution in [0.15, 0.2) is 36.5 Å². The van der Waals surface area contributed by atoms with E-state index in [1.165, 1.54) is 6.07 Å². The normalized spacial score (nSPS) is 11.5. The van der Waals surface area contributed by atoms with Crippen molar-refractivity contribution in [2.24, 2.45) is 0 Å². The second-order valence-electron chi connectivity index (χ2n) is 7.58. The van der Waals surface area contributed by atoms with Gasteiger partial charge in [-0.1, -0.05) is 6.07 Å². The molecule has 0 bridgehead atoms. The van der Waals surface area contributed by atoms with Gasteiger partial charge in [-0.15, -0.1) is 12.8 Å². The Labute approximate surface area is 189 Å². The molecule has 0 aliphatic heterocycles. The van der Waals surface area contributed by atoms with E-state index in [1.807, 2.05) is 46.8 Å². The summed E-state index contributed by atoms with van der Waals surface area (Å²) in [5, 5.41) is 9.21. The van der Waals surface area contributed by atoms with E-state index in [2.05, 4.69) is 44.4 Å². The van der Waals surface area contributed by atoms with E-state index in [-0.39, 0.29) is 30.3 Å². The van der Waals surface area contributed by atoms with Crippen LogP contribution in [0.3, 0.4) is 0 Å². The summed E-state index contributed by atoms with van der Waals surface area (Å²) >= 11 is 0. The quantitative estimate of drug-likeness (QED) is 0.384. The monoisotopic (exact) mass is 443 g/mol. The number of anilines is 2. The molecule has 0 amide bonds. The highest BCUT2D eigenvalue weighted by atomic mass is 19.3. The van der Waals surface area contributed by atoms with Crippen molar-refractivity contribution in [1.82, 2.24) is 10.4 Å². The van der Waals surface area contributed by atoms with Gasteiger partial charge >= 0.3 is 6.61 Å². The number of benzene rings is 1. The Morgan fingerprint density at radius 3 is 2.31 bits per heavy atom. The molecule has 0 spiro atoms. The second-order valence-corrected chi connectivity index (χ2v) is 7.58. The summed E-state index contributed by atoms with van der Waals surface area (Å²) in [5.41, 5.74) is 9.30. The molecule has 0 saturated heterocycles. The smallest absolute Gasteiger partial charge is 0.387 e. The molecule has 6 nitrogen and oxygen atoms in total. The van der Waals surface area contributed by atoms with Crippen molar-refractivity contribution in [1.29, 1.82) is 5.26 Å². The van der Waals surface area contributed by atoms with Gasteiger partial charge in [0.1, 0.15) is 5.75 Å². The Bertz CT molecular complexity index is 891. The fourth-order valence-electron chi connectivity index (χ4n) is 3.23. The summed E-state index contributed by atoms with van der Waals surface area (Å²) in [7, 11) is 0. The first-order chi connectivity index (χ1) is 15.2. The van der Waals surface area contributed by atoms with Gasteiger partial charge in [-0.25, -0.2) is 5.43 Å². The number of nitrogens with zero attached hydrogens (tertiary/aromatic N) is 3. The number of hydrogen-bond acceptors (Lipinski definition) is 6. The van der Waals surface area contributed by atoms with Crippen LogP contribution in [-0.2, 0) is 6.42 Å². The van der Waals surface area contributed by atoms with Gasteiger partial charge < -0.3 is 15.1 Å². The largest absolute Gasteiger partial charge is 0.435 e. The number of terminal acetylenes is 1. The van der Waals surface area contributed by atoms with E-state index < -0.39 is 6.61 Å². The summed E-state index contributed by atoms with van der Waals surface area (Å²) < 4.78 is 30.0. The average molecular weight is 444 g/mol. The van der Waals surface area contributed by atoms with Gasteiger partial charge in [0.05, 0.1) is 36.1 Å². The number of alkyl halides is 2. The van der Waals surface area contributed by atoms with Crippen molar-refractivity contribution >= 4 is 11.4 Å². The Hall–Kier alpha value is -3.36. The first-order valence-corrected chi connectivity index (χ1v) is 10.3. The van der Waals surface area contributed by atoms with Gasteiger partial charge in [-0.3, -0.25) is 4.98 Å². The number of aromatic nitrogens is 1. The van der Waals surface area contributed by atoms with Crippen LogP contribution in [0.2, 0.25) is 0 Å². The molecular weight excluding hydrogens is 412 g/mol. The van der Waals surface area contributed by atoms with Crippen LogP contribution in [0.1, 0.15) is 51.9 Å². The summed E-state index contributed by atoms with van der Waals surface area (Å²) in [6, 6.07) is 10.8. The molecule has 1 atom stereocenters. The number of halogens is 2. The van der Waals surface area contributed by atoms with Crippen molar-refractivity contribution in [2.45, 2.75) is 65.8 Å². The molecule has 2 N–H and O–H groups in total. The van der Waals surface area contributed by atoms with E-state index in [0.717, 1.165) is 16.9 Å². The molecule has 0 aliphatic carbocycles. The van der Waals surface area contributed by atoms with Crippen LogP contribution in [0.5, 0.6) is 5.75 Å². The molecule has 0 radical (unpaired) electrons. The molecule has 2 aromatic rings. The summed E-state index contributed by atoms with van der Waals surface area (Å²) in [4.78, 5) is 6.63. The Morgan fingerprint density at radius 1 is 1.12 bits per heavy atom. The van der Waals surface area contributed by atoms with Gasteiger partial charge in [-0.2, -0.15) is 14.0 Å². The highest BCUT2D eigenvalue weighted by Gasteiger charge is 2.24. The number of hydrogen-bond donors (Lipinski definition) is 2. The molecular formula is C24H31F2N5O.